The van der Waals surface area contributed by atoms with Gasteiger partial charge in [0, 0.05) is 0 Å². The first-order valence-corrected chi connectivity index (χ1v) is 3.02. The van der Waals surface area contributed by atoms with Crippen LogP contribution in [-0.2, 0) is 0 Å². The molecule has 0 fully saturated rings. The van der Waals surface area contributed by atoms with E-state index in [0.29, 0.717) is 0 Å². The second kappa shape index (κ2) is 4.04. The topological polar surface area (TPSA) is 80.9 Å². The summed E-state index contributed by atoms with van der Waals surface area (Å²) in [5.41, 5.74) is 0. The minimum atomic E-state index is -5.00. The van der Waals surface area contributed by atoms with E-state index in [1.54, 1.807) is 0 Å². The zero-order valence-electron chi connectivity index (χ0n) is 5.86. The molecule has 4 N–H and O–H groups in total. The summed E-state index contributed by atoms with van der Waals surface area (Å²) in [7, 11) is 0. The molecule has 74 valence electrons. The van der Waals surface area contributed by atoms with Crippen LogP contribution in [0.4, 0.5) is 13.2 Å². The maximum atomic E-state index is 11.6. The van der Waals surface area contributed by atoms with Gasteiger partial charge in [0.05, 0.1) is 6.61 Å². The summed E-state index contributed by atoms with van der Waals surface area (Å²) in [6.45, 7) is -1.05. The summed E-state index contributed by atoms with van der Waals surface area (Å²) in [6, 6.07) is 0. The Morgan fingerprint density at radius 2 is 1.50 bits per heavy atom. The summed E-state index contributed by atoms with van der Waals surface area (Å²) < 4.78 is 34.8. The van der Waals surface area contributed by atoms with E-state index >= 15 is 0 Å². The van der Waals surface area contributed by atoms with Crippen LogP contribution in [0.15, 0.2) is 0 Å². The second-order valence-electron chi connectivity index (χ2n) is 2.23. The Balaban J connectivity index is 4.19. The fourth-order valence-corrected chi connectivity index (χ4v) is 0.512. The van der Waals surface area contributed by atoms with Gasteiger partial charge in [-0.1, -0.05) is 0 Å². The van der Waals surface area contributed by atoms with Crippen molar-refractivity contribution in [3.05, 3.63) is 0 Å². The molecule has 4 nitrogen and oxygen atoms in total. The Hall–Kier alpha value is -0.370. The van der Waals surface area contributed by atoms with Gasteiger partial charge < -0.3 is 20.4 Å². The molecule has 0 heterocycles. The predicted molar refractivity (Wildman–Crippen MR) is 31.2 cm³/mol. The van der Waals surface area contributed by atoms with E-state index in [4.69, 9.17) is 20.4 Å². The van der Waals surface area contributed by atoms with Crippen LogP contribution in [0.2, 0.25) is 0 Å². The highest BCUT2D eigenvalue weighted by molar-refractivity contribution is 4.79. The molecule has 0 aliphatic heterocycles. The average molecular weight is 190 g/mol. The van der Waals surface area contributed by atoms with Crippen molar-refractivity contribution in [2.24, 2.45) is 0 Å². The van der Waals surface area contributed by atoms with Crippen LogP contribution < -0.4 is 0 Å². The number of halogens is 3. The van der Waals surface area contributed by atoms with Crippen molar-refractivity contribution in [2.75, 3.05) is 6.61 Å². The van der Waals surface area contributed by atoms with Crippen LogP contribution in [0.25, 0.3) is 0 Å². The number of aliphatic hydroxyl groups excluding tert-OH is 4. The molecule has 0 rings (SSSR count). The van der Waals surface area contributed by atoms with Gasteiger partial charge in [-0.2, -0.15) is 13.2 Å². The molecule has 7 heteroatoms. The van der Waals surface area contributed by atoms with Crippen molar-refractivity contribution in [1.82, 2.24) is 0 Å². The fraction of sp³-hybridized carbons (Fsp3) is 1.00. The summed E-state index contributed by atoms with van der Waals surface area (Å²) in [5.74, 6) is 0. The minimum Gasteiger partial charge on any atom is -0.394 e. The summed E-state index contributed by atoms with van der Waals surface area (Å²) >= 11 is 0. The monoisotopic (exact) mass is 190 g/mol. The van der Waals surface area contributed by atoms with Crippen molar-refractivity contribution in [3.63, 3.8) is 0 Å². The molecule has 3 atom stereocenters. The fourth-order valence-electron chi connectivity index (χ4n) is 0.512. The highest BCUT2D eigenvalue weighted by Gasteiger charge is 2.45. The van der Waals surface area contributed by atoms with Crippen LogP contribution in [-0.4, -0.2) is 51.5 Å². The van der Waals surface area contributed by atoms with E-state index < -0.39 is 31.1 Å². The van der Waals surface area contributed by atoms with Crippen LogP contribution in [0.1, 0.15) is 0 Å². The third kappa shape index (κ3) is 2.94. The molecule has 0 aromatic carbocycles. The molecule has 0 aliphatic rings. The van der Waals surface area contributed by atoms with Crippen LogP contribution in [0.3, 0.4) is 0 Å². The Bertz CT molecular complexity index is 137. The molecule has 0 aliphatic carbocycles. The average Bonchev–Trinajstić information content (AvgIpc) is 1.98. The predicted octanol–water partition coefficient (Wildman–Crippen LogP) is -1.38. The maximum Gasteiger partial charge on any atom is 0.417 e. The maximum absolute atomic E-state index is 11.6. The lowest BCUT2D eigenvalue weighted by atomic mass is 10.1. The highest BCUT2D eigenvalue weighted by Crippen LogP contribution is 2.23. The van der Waals surface area contributed by atoms with Gasteiger partial charge in [-0.25, -0.2) is 0 Å². The van der Waals surface area contributed by atoms with Crippen molar-refractivity contribution >= 4 is 0 Å². The smallest absolute Gasteiger partial charge is 0.394 e. The zero-order valence-corrected chi connectivity index (χ0v) is 5.86. The molecule has 12 heavy (non-hydrogen) atoms. The molecule has 0 spiro atoms. The van der Waals surface area contributed by atoms with Gasteiger partial charge >= 0.3 is 6.18 Å². The van der Waals surface area contributed by atoms with Gasteiger partial charge in [0.1, 0.15) is 12.2 Å². The van der Waals surface area contributed by atoms with Crippen molar-refractivity contribution in [2.45, 2.75) is 24.5 Å². The Kier molecular flexibility index (Phi) is 3.91. The summed E-state index contributed by atoms with van der Waals surface area (Å²) in [4.78, 5) is 0. The van der Waals surface area contributed by atoms with Crippen molar-refractivity contribution in [1.29, 1.82) is 0 Å². The van der Waals surface area contributed by atoms with Gasteiger partial charge in [0.2, 0.25) is 0 Å². The van der Waals surface area contributed by atoms with Crippen molar-refractivity contribution in [3.8, 4) is 0 Å². The van der Waals surface area contributed by atoms with Crippen LogP contribution in [0.5, 0.6) is 0 Å². The first kappa shape index (κ1) is 11.6. The van der Waals surface area contributed by atoms with E-state index in [1.165, 1.54) is 0 Å². The molecule has 0 unspecified atom stereocenters. The lowest BCUT2D eigenvalue weighted by molar-refractivity contribution is -0.243. The molecule has 0 aromatic heterocycles. The lowest BCUT2D eigenvalue weighted by Crippen LogP contribution is -2.47. The number of alkyl halides is 3. The second-order valence-corrected chi connectivity index (χ2v) is 2.23. The number of rotatable bonds is 3. The summed E-state index contributed by atoms with van der Waals surface area (Å²) in [6.07, 6.45) is -12.5. The third-order valence-electron chi connectivity index (χ3n) is 1.24. The lowest BCUT2D eigenvalue weighted by Gasteiger charge is -2.23. The van der Waals surface area contributed by atoms with Gasteiger partial charge in [-0.05, 0) is 0 Å². The largest absolute Gasteiger partial charge is 0.417 e. The molecular formula is C5H9F3O4. The minimum absolute atomic E-state index is 1.05. The first-order valence-electron chi connectivity index (χ1n) is 3.02. The molecule has 0 amide bonds. The third-order valence-corrected chi connectivity index (χ3v) is 1.24. The zero-order chi connectivity index (χ0) is 9.94. The van der Waals surface area contributed by atoms with Gasteiger partial charge in [-0.3, -0.25) is 0 Å². The van der Waals surface area contributed by atoms with E-state index in [-0.39, 0.29) is 0 Å². The first-order chi connectivity index (χ1) is 5.30. The van der Waals surface area contributed by atoms with Gasteiger partial charge in [-0.15, -0.1) is 0 Å². The van der Waals surface area contributed by atoms with Crippen LogP contribution >= 0.6 is 0 Å². The van der Waals surface area contributed by atoms with E-state index in [9.17, 15) is 13.2 Å². The Morgan fingerprint density at radius 1 is 1.08 bits per heavy atom. The number of hydrogen-bond donors (Lipinski definition) is 4. The molecule has 0 saturated heterocycles. The van der Waals surface area contributed by atoms with E-state index in [0.717, 1.165) is 0 Å². The SMILES string of the molecule is OC[C@H](O)[C@@H](O)[C@H](O)C(F)(F)F. The molecule has 0 saturated carbocycles. The van der Waals surface area contributed by atoms with E-state index in [1.807, 2.05) is 0 Å². The molecular weight excluding hydrogens is 181 g/mol. The standard InChI is InChI=1S/C5H9F3O4/c6-5(7,8)4(12)3(11)2(10)1-9/h2-4,9-12H,1H2/t2-,3+,4-/m0/s1. The Labute approximate surface area is 65.9 Å². The van der Waals surface area contributed by atoms with Crippen molar-refractivity contribution < 1.29 is 33.6 Å². The quantitative estimate of drug-likeness (QED) is 0.442. The number of hydrogen-bond acceptors (Lipinski definition) is 4. The molecule has 0 bridgehead atoms. The highest BCUT2D eigenvalue weighted by atomic mass is 19.4. The summed E-state index contributed by atoms with van der Waals surface area (Å²) in [5, 5.41) is 33.5. The van der Waals surface area contributed by atoms with Gasteiger partial charge in [0.25, 0.3) is 0 Å². The van der Waals surface area contributed by atoms with E-state index in [2.05, 4.69) is 0 Å². The molecule has 0 aromatic rings. The van der Waals surface area contributed by atoms with Crippen LogP contribution in [0, 0.1) is 0 Å². The number of aliphatic hydroxyl groups is 4. The Morgan fingerprint density at radius 3 is 1.75 bits per heavy atom. The normalized spacial score (nSPS) is 20.2. The van der Waals surface area contributed by atoms with Gasteiger partial charge in [0.15, 0.2) is 6.10 Å². The molecule has 0 radical (unpaired) electrons.